The minimum Gasteiger partial charge on any atom is -0.496 e. The first-order valence-corrected chi connectivity index (χ1v) is 7.89. The number of nitrogens with one attached hydrogen (secondary N) is 1. The third-order valence-corrected chi connectivity index (χ3v) is 3.88. The molecule has 1 amide bonds. The van der Waals surface area contributed by atoms with E-state index < -0.39 is 0 Å². The summed E-state index contributed by atoms with van der Waals surface area (Å²) in [5.74, 6) is 0.510. The first-order chi connectivity index (χ1) is 12.2. The zero-order valence-corrected chi connectivity index (χ0v) is 13.9. The fraction of sp³-hybridized carbons (Fsp3) is 0.100. The normalized spacial score (nSPS) is 10.9. The van der Waals surface area contributed by atoms with E-state index in [0.717, 1.165) is 21.9 Å². The van der Waals surface area contributed by atoms with E-state index >= 15 is 0 Å². The highest BCUT2D eigenvalue weighted by atomic mass is 16.5. The van der Waals surface area contributed by atoms with Gasteiger partial charge in [-0.3, -0.25) is 4.79 Å². The Morgan fingerprint density at radius 3 is 2.64 bits per heavy atom. The Balaban J connectivity index is 1.74. The van der Waals surface area contributed by atoms with Crippen LogP contribution in [0.1, 0.15) is 11.1 Å². The molecular weight excluding hydrogens is 314 g/mol. The van der Waals surface area contributed by atoms with Gasteiger partial charge in [0.15, 0.2) is 0 Å². The monoisotopic (exact) mass is 333 g/mol. The van der Waals surface area contributed by atoms with E-state index in [1.54, 1.807) is 25.5 Å². The average Bonchev–Trinajstić information content (AvgIpc) is 2.63. The topological polar surface area (TPSA) is 76.7 Å². The van der Waals surface area contributed by atoms with E-state index in [1.165, 1.54) is 0 Å². The molecule has 25 heavy (non-hydrogen) atoms. The molecule has 3 aromatic carbocycles. The van der Waals surface area contributed by atoms with Gasteiger partial charge in [-0.25, -0.2) is 5.43 Å². The highest BCUT2D eigenvalue weighted by Gasteiger charge is 2.06. The second kappa shape index (κ2) is 7.49. The number of nitrogens with zero attached hydrogens (tertiary/aromatic N) is 1. The number of rotatable bonds is 5. The number of hydrazone groups is 1. The van der Waals surface area contributed by atoms with Gasteiger partial charge < -0.3 is 10.5 Å². The minimum atomic E-state index is -0.194. The molecule has 0 heterocycles. The standard InChI is InChI=1S/C20H19N3O2/c1-25-19-11-8-15-4-2-3-5-17(15)18(19)13-22-23-20(24)12-14-6-9-16(21)10-7-14/h2-11,13H,12,21H2,1H3,(H,23,24)/b22-13-. The van der Waals surface area contributed by atoms with Gasteiger partial charge >= 0.3 is 0 Å². The Hall–Kier alpha value is -3.34. The zero-order valence-electron chi connectivity index (χ0n) is 13.9. The van der Waals surface area contributed by atoms with Gasteiger partial charge in [0.1, 0.15) is 5.75 Å². The van der Waals surface area contributed by atoms with Crippen LogP contribution < -0.4 is 15.9 Å². The molecule has 5 nitrogen and oxygen atoms in total. The number of methoxy groups -OCH3 is 1. The van der Waals surface area contributed by atoms with E-state index in [0.29, 0.717) is 11.4 Å². The zero-order chi connectivity index (χ0) is 17.6. The number of anilines is 1. The number of benzene rings is 3. The maximum absolute atomic E-state index is 12.0. The largest absolute Gasteiger partial charge is 0.496 e. The predicted molar refractivity (Wildman–Crippen MR) is 101 cm³/mol. The number of hydrogen-bond acceptors (Lipinski definition) is 4. The van der Waals surface area contributed by atoms with E-state index in [9.17, 15) is 4.79 Å². The number of ether oxygens (including phenoxy) is 1. The Bertz CT molecular complexity index is 918. The molecule has 0 unspecified atom stereocenters. The van der Waals surface area contributed by atoms with Gasteiger partial charge in [0.05, 0.1) is 19.7 Å². The van der Waals surface area contributed by atoms with Crippen molar-refractivity contribution >= 4 is 28.6 Å². The van der Waals surface area contributed by atoms with Crippen LogP contribution in [0.25, 0.3) is 10.8 Å². The fourth-order valence-electron chi connectivity index (χ4n) is 2.62. The molecule has 0 radical (unpaired) electrons. The second-order valence-electron chi connectivity index (χ2n) is 5.61. The van der Waals surface area contributed by atoms with Crippen molar-refractivity contribution in [3.8, 4) is 5.75 Å². The summed E-state index contributed by atoms with van der Waals surface area (Å²) in [6.45, 7) is 0. The lowest BCUT2D eigenvalue weighted by Crippen LogP contribution is -2.19. The van der Waals surface area contributed by atoms with Gasteiger partial charge in [-0.1, -0.05) is 42.5 Å². The molecular formula is C20H19N3O2. The molecule has 3 rings (SSSR count). The Morgan fingerprint density at radius 2 is 1.88 bits per heavy atom. The number of amides is 1. The lowest BCUT2D eigenvalue weighted by atomic mass is 10.0. The van der Waals surface area contributed by atoms with Crippen molar-refractivity contribution in [1.29, 1.82) is 0 Å². The van der Waals surface area contributed by atoms with Gasteiger partial charge in [-0.2, -0.15) is 5.10 Å². The summed E-state index contributed by atoms with van der Waals surface area (Å²) in [5.41, 5.74) is 10.6. The summed E-state index contributed by atoms with van der Waals surface area (Å²) in [4.78, 5) is 12.0. The van der Waals surface area contributed by atoms with Crippen molar-refractivity contribution in [2.45, 2.75) is 6.42 Å². The molecule has 0 fully saturated rings. The lowest BCUT2D eigenvalue weighted by molar-refractivity contribution is -0.120. The molecule has 3 aromatic rings. The van der Waals surface area contributed by atoms with Crippen molar-refractivity contribution in [3.63, 3.8) is 0 Å². The smallest absolute Gasteiger partial charge is 0.244 e. The molecule has 0 bridgehead atoms. The van der Waals surface area contributed by atoms with Crippen molar-refractivity contribution in [1.82, 2.24) is 5.43 Å². The Labute approximate surface area is 146 Å². The van der Waals surface area contributed by atoms with Gasteiger partial charge in [-0.15, -0.1) is 0 Å². The molecule has 0 aliphatic carbocycles. The van der Waals surface area contributed by atoms with Crippen LogP contribution in [-0.4, -0.2) is 19.2 Å². The van der Waals surface area contributed by atoms with Gasteiger partial charge in [0.25, 0.3) is 0 Å². The third kappa shape index (κ3) is 3.95. The van der Waals surface area contributed by atoms with Gasteiger partial charge in [0.2, 0.25) is 5.91 Å². The first kappa shape index (κ1) is 16.5. The van der Waals surface area contributed by atoms with E-state index in [-0.39, 0.29) is 12.3 Å². The molecule has 0 aliphatic rings. The van der Waals surface area contributed by atoms with Crippen molar-refractivity contribution in [3.05, 3.63) is 71.8 Å². The van der Waals surface area contributed by atoms with Crippen LogP contribution in [0.3, 0.4) is 0 Å². The highest BCUT2D eigenvalue weighted by Crippen LogP contribution is 2.26. The maximum Gasteiger partial charge on any atom is 0.244 e. The highest BCUT2D eigenvalue weighted by molar-refractivity contribution is 6.02. The molecule has 0 spiro atoms. The van der Waals surface area contributed by atoms with Crippen LogP contribution in [0.4, 0.5) is 5.69 Å². The maximum atomic E-state index is 12.0. The number of nitrogens with two attached hydrogens (primary N) is 1. The SMILES string of the molecule is COc1ccc2ccccc2c1/C=N\NC(=O)Cc1ccc(N)cc1. The van der Waals surface area contributed by atoms with Crippen LogP contribution in [0.2, 0.25) is 0 Å². The van der Waals surface area contributed by atoms with Gasteiger partial charge in [-0.05, 0) is 34.5 Å². The van der Waals surface area contributed by atoms with Crippen molar-refractivity contribution in [2.75, 3.05) is 12.8 Å². The minimum absolute atomic E-state index is 0.194. The number of fused-ring (bicyclic) bond motifs is 1. The lowest BCUT2D eigenvalue weighted by Gasteiger charge is -2.08. The summed E-state index contributed by atoms with van der Waals surface area (Å²) < 4.78 is 5.40. The van der Waals surface area contributed by atoms with E-state index in [2.05, 4.69) is 10.5 Å². The average molecular weight is 333 g/mol. The third-order valence-electron chi connectivity index (χ3n) is 3.88. The van der Waals surface area contributed by atoms with E-state index in [1.807, 2.05) is 48.5 Å². The number of nitrogen functional groups attached to an aromatic ring is 1. The van der Waals surface area contributed by atoms with Crippen LogP contribution in [0, 0.1) is 0 Å². The molecule has 126 valence electrons. The summed E-state index contributed by atoms with van der Waals surface area (Å²) in [5, 5.41) is 6.18. The summed E-state index contributed by atoms with van der Waals surface area (Å²) in [6.07, 6.45) is 1.85. The fourth-order valence-corrected chi connectivity index (χ4v) is 2.62. The molecule has 0 aromatic heterocycles. The second-order valence-corrected chi connectivity index (χ2v) is 5.61. The van der Waals surface area contributed by atoms with Crippen molar-refractivity contribution in [2.24, 2.45) is 5.10 Å². The van der Waals surface area contributed by atoms with Crippen LogP contribution in [0.5, 0.6) is 5.75 Å². The summed E-state index contributed by atoms with van der Waals surface area (Å²) >= 11 is 0. The van der Waals surface area contributed by atoms with Crippen LogP contribution in [-0.2, 0) is 11.2 Å². The molecule has 3 N–H and O–H groups in total. The van der Waals surface area contributed by atoms with Gasteiger partial charge in [0, 0.05) is 11.3 Å². The molecule has 0 aliphatic heterocycles. The van der Waals surface area contributed by atoms with Crippen molar-refractivity contribution < 1.29 is 9.53 Å². The summed E-state index contributed by atoms with van der Waals surface area (Å²) in [7, 11) is 1.61. The van der Waals surface area contributed by atoms with Crippen LogP contribution in [0.15, 0.2) is 65.8 Å². The van der Waals surface area contributed by atoms with E-state index in [4.69, 9.17) is 10.5 Å². The quantitative estimate of drug-likeness (QED) is 0.428. The molecule has 5 heteroatoms. The number of hydrogen-bond donors (Lipinski definition) is 2. The predicted octanol–water partition coefficient (Wildman–Crippen LogP) is 3.12. The summed E-state index contributed by atoms with van der Waals surface area (Å²) in [6, 6.07) is 19.0. The Morgan fingerprint density at radius 1 is 1.12 bits per heavy atom. The first-order valence-electron chi connectivity index (χ1n) is 7.89. The molecule has 0 saturated carbocycles. The van der Waals surface area contributed by atoms with Crippen LogP contribution >= 0.6 is 0 Å². The molecule has 0 saturated heterocycles. The Kier molecular flexibility index (Phi) is 4.95. The number of carbonyl (C=O) groups is 1. The number of carbonyl (C=O) groups excluding carboxylic acids is 1. The molecule has 0 atom stereocenters.